The topological polar surface area (TPSA) is 58.2 Å². The van der Waals surface area contributed by atoms with Crippen molar-refractivity contribution in [3.05, 3.63) is 63.1 Å². The Morgan fingerprint density at radius 2 is 1.91 bits per heavy atom. The van der Waals surface area contributed by atoms with E-state index in [9.17, 15) is 9.59 Å². The van der Waals surface area contributed by atoms with E-state index < -0.39 is 0 Å². The molecule has 2 aromatic rings. The Balaban J connectivity index is 1.93. The number of amides is 2. The quantitative estimate of drug-likeness (QED) is 0.847. The van der Waals surface area contributed by atoms with Crippen LogP contribution in [0.3, 0.4) is 0 Å². The van der Waals surface area contributed by atoms with E-state index in [2.05, 4.69) is 26.6 Å². The fourth-order valence-corrected chi connectivity index (χ4v) is 2.55. The number of hydrogen-bond acceptors (Lipinski definition) is 2. The molecule has 0 saturated heterocycles. The van der Waals surface area contributed by atoms with E-state index in [0.29, 0.717) is 20.7 Å². The van der Waals surface area contributed by atoms with Crippen molar-refractivity contribution in [1.82, 2.24) is 5.32 Å². The fourth-order valence-electron chi connectivity index (χ4n) is 1.86. The zero-order valence-electron chi connectivity index (χ0n) is 11.8. The summed E-state index contributed by atoms with van der Waals surface area (Å²) in [5, 5.41) is 5.93. The molecule has 0 unspecified atom stereocenters. The first kappa shape index (κ1) is 16.5. The summed E-state index contributed by atoms with van der Waals surface area (Å²) < 4.78 is 0.682. The Kier molecular flexibility index (Phi) is 5.57. The van der Waals surface area contributed by atoms with Gasteiger partial charge in [0.25, 0.3) is 5.91 Å². The van der Waals surface area contributed by atoms with Crippen LogP contribution in [-0.2, 0) is 4.79 Å². The largest absolute Gasteiger partial charge is 0.343 e. The molecule has 0 heterocycles. The average molecular weight is 382 g/mol. The van der Waals surface area contributed by atoms with Crippen LogP contribution in [-0.4, -0.2) is 18.4 Å². The minimum absolute atomic E-state index is 0.109. The Labute approximate surface area is 142 Å². The summed E-state index contributed by atoms with van der Waals surface area (Å²) in [7, 11) is 0. The SMILES string of the molecule is Cc1cc(Cl)ccc1NC(=O)CNC(=O)c1ccccc1Br. The van der Waals surface area contributed by atoms with E-state index in [1.807, 2.05) is 13.0 Å². The highest BCUT2D eigenvalue weighted by molar-refractivity contribution is 9.10. The Morgan fingerprint density at radius 1 is 1.18 bits per heavy atom. The van der Waals surface area contributed by atoms with Crippen molar-refractivity contribution < 1.29 is 9.59 Å². The van der Waals surface area contributed by atoms with Crippen LogP contribution in [0, 0.1) is 6.92 Å². The highest BCUT2D eigenvalue weighted by Crippen LogP contribution is 2.19. The number of carbonyl (C=O) groups is 2. The molecule has 0 spiro atoms. The molecule has 2 rings (SSSR count). The summed E-state index contributed by atoms with van der Waals surface area (Å²) in [6.07, 6.45) is 0. The number of nitrogens with one attached hydrogen (secondary N) is 2. The summed E-state index contributed by atoms with van der Waals surface area (Å²) in [6.45, 7) is 1.74. The molecule has 2 amide bonds. The third-order valence-electron chi connectivity index (χ3n) is 2.99. The lowest BCUT2D eigenvalue weighted by molar-refractivity contribution is -0.115. The molecule has 4 nitrogen and oxygen atoms in total. The van der Waals surface area contributed by atoms with Crippen molar-refractivity contribution in [3.63, 3.8) is 0 Å². The molecule has 6 heteroatoms. The lowest BCUT2D eigenvalue weighted by Crippen LogP contribution is -2.33. The monoisotopic (exact) mass is 380 g/mol. The molecule has 114 valence electrons. The molecular formula is C16H14BrClN2O2. The number of anilines is 1. The van der Waals surface area contributed by atoms with Crippen molar-refractivity contribution in [2.75, 3.05) is 11.9 Å². The van der Waals surface area contributed by atoms with Gasteiger partial charge in [-0.3, -0.25) is 9.59 Å². The van der Waals surface area contributed by atoms with Crippen LogP contribution in [0.5, 0.6) is 0 Å². The predicted molar refractivity (Wildman–Crippen MR) is 91.3 cm³/mol. The number of aryl methyl sites for hydroxylation is 1. The second-order valence-electron chi connectivity index (χ2n) is 4.67. The maximum Gasteiger partial charge on any atom is 0.252 e. The molecule has 0 fully saturated rings. The van der Waals surface area contributed by atoms with Crippen molar-refractivity contribution in [1.29, 1.82) is 0 Å². The van der Waals surface area contributed by atoms with E-state index in [4.69, 9.17) is 11.6 Å². The molecule has 2 aromatic carbocycles. The van der Waals surface area contributed by atoms with Gasteiger partial charge in [0.05, 0.1) is 12.1 Å². The van der Waals surface area contributed by atoms with Gasteiger partial charge in [-0.05, 0) is 58.7 Å². The lowest BCUT2D eigenvalue weighted by Gasteiger charge is -2.10. The zero-order valence-corrected chi connectivity index (χ0v) is 14.2. The van der Waals surface area contributed by atoms with Gasteiger partial charge in [-0.2, -0.15) is 0 Å². The van der Waals surface area contributed by atoms with Gasteiger partial charge in [0.2, 0.25) is 5.91 Å². The number of hydrogen-bond donors (Lipinski definition) is 2. The van der Waals surface area contributed by atoms with Gasteiger partial charge in [0.1, 0.15) is 0 Å². The van der Waals surface area contributed by atoms with Gasteiger partial charge in [0.15, 0.2) is 0 Å². The van der Waals surface area contributed by atoms with Crippen molar-refractivity contribution >= 4 is 45.0 Å². The Hall–Kier alpha value is -1.85. The molecule has 0 saturated carbocycles. The van der Waals surface area contributed by atoms with Crippen LogP contribution >= 0.6 is 27.5 Å². The van der Waals surface area contributed by atoms with Crippen LogP contribution in [0.1, 0.15) is 15.9 Å². The smallest absolute Gasteiger partial charge is 0.252 e. The summed E-state index contributed by atoms with van der Waals surface area (Å²) in [5.41, 5.74) is 2.01. The third-order valence-corrected chi connectivity index (χ3v) is 3.92. The molecule has 0 aliphatic heterocycles. The number of carbonyl (C=O) groups excluding carboxylic acids is 2. The Morgan fingerprint density at radius 3 is 2.59 bits per heavy atom. The van der Waals surface area contributed by atoms with Gasteiger partial charge >= 0.3 is 0 Å². The van der Waals surface area contributed by atoms with E-state index in [1.54, 1.807) is 36.4 Å². The zero-order chi connectivity index (χ0) is 16.1. The van der Waals surface area contributed by atoms with Gasteiger partial charge < -0.3 is 10.6 Å². The lowest BCUT2D eigenvalue weighted by atomic mass is 10.2. The molecule has 0 aliphatic carbocycles. The van der Waals surface area contributed by atoms with Crippen molar-refractivity contribution in [2.45, 2.75) is 6.92 Å². The minimum Gasteiger partial charge on any atom is -0.343 e. The van der Waals surface area contributed by atoms with Crippen molar-refractivity contribution in [3.8, 4) is 0 Å². The standard InChI is InChI=1S/C16H14BrClN2O2/c1-10-8-11(18)6-7-14(10)20-15(21)9-19-16(22)12-4-2-3-5-13(12)17/h2-8H,9H2,1H3,(H,19,22)(H,20,21). The maximum absolute atomic E-state index is 12.0. The van der Waals surface area contributed by atoms with E-state index in [1.165, 1.54) is 0 Å². The molecule has 0 atom stereocenters. The molecule has 2 N–H and O–H groups in total. The normalized spacial score (nSPS) is 10.1. The van der Waals surface area contributed by atoms with Gasteiger partial charge in [-0.25, -0.2) is 0 Å². The van der Waals surface area contributed by atoms with Gasteiger partial charge in [0, 0.05) is 15.2 Å². The average Bonchev–Trinajstić information content (AvgIpc) is 2.48. The van der Waals surface area contributed by atoms with E-state index >= 15 is 0 Å². The maximum atomic E-state index is 12.0. The number of benzene rings is 2. The molecule has 0 aliphatic rings. The predicted octanol–water partition coefficient (Wildman–Crippen LogP) is 3.78. The summed E-state index contributed by atoms with van der Waals surface area (Å²) in [5.74, 6) is -0.610. The summed E-state index contributed by atoms with van der Waals surface area (Å²) >= 11 is 9.16. The molecule has 0 radical (unpaired) electrons. The summed E-state index contributed by atoms with van der Waals surface area (Å²) in [6, 6.07) is 12.2. The molecule has 0 bridgehead atoms. The first-order valence-electron chi connectivity index (χ1n) is 6.56. The van der Waals surface area contributed by atoms with Gasteiger partial charge in [-0.15, -0.1) is 0 Å². The van der Waals surface area contributed by atoms with Crippen LogP contribution in [0.4, 0.5) is 5.69 Å². The van der Waals surface area contributed by atoms with Crippen LogP contribution in [0.15, 0.2) is 46.9 Å². The van der Waals surface area contributed by atoms with Crippen LogP contribution in [0.25, 0.3) is 0 Å². The Bertz CT molecular complexity index is 719. The fraction of sp³-hybridized carbons (Fsp3) is 0.125. The molecule has 22 heavy (non-hydrogen) atoms. The number of rotatable bonds is 4. The van der Waals surface area contributed by atoms with Gasteiger partial charge in [-0.1, -0.05) is 23.7 Å². The summed E-state index contributed by atoms with van der Waals surface area (Å²) in [4.78, 5) is 23.9. The highest BCUT2D eigenvalue weighted by Gasteiger charge is 2.11. The second-order valence-corrected chi connectivity index (χ2v) is 5.96. The minimum atomic E-state index is -0.310. The molecular weight excluding hydrogens is 368 g/mol. The third kappa shape index (κ3) is 4.32. The highest BCUT2D eigenvalue weighted by atomic mass is 79.9. The van der Waals surface area contributed by atoms with E-state index in [0.717, 1.165) is 5.56 Å². The van der Waals surface area contributed by atoms with Crippen LogP contribution in [0.2, 0.25) is 5.02 Å². The first-order chi connectivity index (χ1) is 10.5. The first-order valence-corrected chi connectivity index (χ1v) is 7.73. The van der Waals surface area contributed by atoms with Crippen molar-refractivity contribution in [2.24, 2.45) is 0 Å². The van der Waals surface area contributed by atoms with Crippen LogP contribution < -0.4 is 10.6 Å². The number of halogens is 2. The second kappa shape index (κ2) is 7.42. The van der Waals surface area contributed by atoms with E-state index in [-0.39, 0.29) is 18.4 Å². The molecule has 0 aromatic heterocycles.